The maximum Gasteiger partial charge on any atom is 0.137 e. The molecule has 2 heterocycles. The molecular weight excluding hydrogens is 647 g/mol. The Morgan fingerprint density at radius 1 is 0.245 bits per heavy atom. The second kappa shape index (κ2) is 10.7. The van der Waals surface area contributed by atoms with Gasteiger partial charge in [-0.15, -0.1) is 0 Å². The number of hydrogen-bond acceptors (Lipinski definition) is 3. The van der Waals surface area contributed by atoms with Gasteiger partial charge in [0.1, 0.15) is 22.3 Å². The molecule has 0 saturated carbocycles. The number of rotatable bonds is 3. The lowest BCUT2D eigenvalue weighted by Crippen LogP contribution is -2.10. The van der Waals surface area contributed by atoms with Crippen LogP contribution in [0.5, 0.6) is 0 Å². The number of para-hydroxylation sites is 2. The van der Waals surface area contributed by atoms with Gasteiger partial charge in [-0.25, -0.2) is 0 Å². The van der Waals surface area contributed by atoms with Crippen LogP contribution in [0.15, 0.2) is 185 Å². The van der Waals surface area contributed by atoms with Crippen molar-refractivity contribution in [2.24, 2.45) is 0 Å². The second-order valence-electron chi connectivity index (χ2n) is 14.1. The molecule has 10 aromatic carbocycles. The van der Waals surface area contributed by atoms with E-state index in [1.807, 2.05) is 24.3 Å². The summed E-state index contributed by atoms with van der Waals surface area (Å²) in [5.41, 5.74) is 6.77. The van der Waals surface area contributed by atoms with Gasteiger partial charge in [0.2, 0.25) is 0 Å². The zero-order chi connectivity index (χ0) is 34.6. The standard InChI is InChI=1S/C50H29NO2/c1-2-8-37-30(7-1)16-21-40-38-23-19-34(25-32(38)17-22-39(37)40)51(36-20-24-43-41-9-3-5-11-47(41)53-50(43)28-36)35-18-15-31-13-14-33-26-49-46(29-45(33)44(31)27-35)42-10-4-6-12-48(42)52-49/h1-29H. The number of fused-ring (bicyclic) bond motifs is 14. The van der Waals surface area contributed by atoms with Crippen molar-refractivity contribution >= 4 is 115 Å². The van der Waals surface area contributed by atoms with Crippen molar-refractivity contribution in [2.45, 2.75) is 0 Å². The Hall–Kier alpha value is -7.10. The van der Waals surface area contributed by atoms with E-state index in [2.05, 4.69) is 157 Å². The van der Waals surface area contributed by atoms with Crippen LogP contribution in [-0.4, -0.2) is 0 Å². The molecule has 0 radical (unpaired) electrons. The molecule has 0 unspecified atom stereocenters. The Labute approximate surface area is 303 Å². The minimum absolute atomic E-state index is 0.868. The molecule has 53 heavy (non-hydrogen) atoms. The highest BCUT2D eigenvalue weighted by molar-refractivity contribution is 6.19. The predicted octanol–water partition coefficient (Wildman–Crippen LogP) is 14.7. The van der Waals surface area contributed by atoms with Gasteiger partial charge in [0.25, 0.3) is 0 Å². The third kappa shape index (κ3) is 4.22. The lowest BCUT2D eigenvalue weighted by molar-refractivity contribution is 0.669. The highest BCUT2D eigenvalue weighted by Crippen LogP contribution is 2.43. The van der Waals surface area contributed by atoms with Crippen LogP contribution >= 0.6 is 0 Å². The van der Waals surface area contributed by atoms with Gasteiger partial charge in [0.15, 0.2) is 0 Å². The summed E-state index contributed by atoms with van der Waals surface area (Å²) in [5, 5.41) is 16.8. The molecule has 0 aliphatic heterocycles. The van der Waals surface area contributed by atoms with E-state index < -0.39 is 0 Å². The molecule has 12 aromatic rings. The lowest BCUT2D eigenvalue weighted by Gasteiger charge is -2.26. The molecular formula is C50H29NO2. The van der Waals surface area contributed by atoms with Crippen LogP contribution in [0.2, 0.25) is 0 Å². The van der Waals surface area contributed by atoms with Crippen LogP contribution in [0.1, 0.15) is 0 Å². The quantitative estimate of drug-likeness (QED) is 0.175. The van der Waals surface area contributed by atoms with E-state index in [4.69, 9.17) is 8.83 Å². The molecule has 0 saturated heterocycles. The minimum Gasteiger partial charge on any atom is -0.456 e. The summed E-state index contributed by atoms with van der Waals surface area (Å²) in [6.45, 7) is 0. The first-order chi connectivity index (χ1) is 26.2. The Morgan fingerprint density at radius 3 is 1.51 bits per heavy atom. The molecule has 246 valence electrons. The van der Waals surface area contributed by atoms with Crippen LogP contribution < -0.4 is 4.90 Å². The van der Waals surface area contributed by atoms with E-state index in [0.29, 0.717) is 0 Å². The Bertz CT molecular complexity index is 3480. The van der Waals surface area contributed by atoms with Gasteiger partial charge in [-0.3, -0.25) is 0 Å². The maximum atomic E-state index is 6.43. The zero-order valence-corrected chi connectivity index (χ0v) is 28.5. The van der Waals surface area contributed by atoms with E-state index in [-0.39, 0.29) is 0 Å². The third-order valence-corrected chi connectivity index (χ3v) is 11.2. The van der Waals surface area contributed by atoms with Crippen molar-refractivity contribution < 1.29 is 8.83 Å². The van der Waals surface area contributed by atoms with E-state index in [9.17, 15) is 0 Å². The molecule has 0 amide bonds. The molecule has 0 atom stereocenters. The summed E-state index contributed by atoms with van der Waals surface area (Å²) >= 11 is 0. The summed E-state index contributed by atoms with van der Waals surface area (Å²) in [6.07, 6.45) is 0. The van der Waals surface area contributed by atoms with Crippen LogP contribution in [0.4, 0.5) is 17.1 Å². The van der Waals surface area contributed by atoms with Gasteiger partial charge in [0, 0.05) is 44.7 Å². The van der Waals surface area contributed by atoms with E-state index >= 15 is 0 Å². The second-order valence-corrected chi connectivity index (χ2v) is 14.1. The highest BCUT2D eigenvalue weighted by Gasteiger charge is 2.18. The number of furan rings is 2. The Kier molecular flexibility index (Phi) is 5.77. The first-order valence-electron chi connectivity index (χ1n) is 18.1. The van der Waals surface area contributed by atoms with Gasteiger partial charge in [0.05, 0.1) is 0 Å². The van der Waals surface area contributed by atoms with Crippen molar-refractivity contribution in [3.05, 3.63) is 176 Å². The smallest absolute Gasteiger partial charge is 0.137 e. The fourth-order valence-corrected chi connectivity index (χ4v) is 8.66. The Balaban J connectivity index is 1.10. The highest BCUT2D eigenvalue weighted by atomic mass is 16.3. The van der Waals surface area contributed by atoms with Crippen molar-refractivity contribution in [3.8, 4) is 0 Å². The molecule has 0 bridgehead atoms. The molecule has 0 aliphatic rings. The fourth-order valence-electron chi connectivity index (χ4n) is 8.66. The molecule has 12 rings (SSSR count). The molecule has 0 spiro atoms. The summed E-state index contributed by atoms with van der Waals surface area (Å²) in [4.78, 5) is 2.36. The average molecular weight is 676 g/mol. The monoisotopic (exact) mass is 675 g/mol. The van der Waals surface area contributed by atoms with Crippen molar-refractivity contribution in [3.63, 3.8) is 0 Å². The van der Waals surface area contributed by atoms with Gasteiger partial charge in [-0.05, 0) is 115 Å². The molecule has 0 aliphatic carbocycles. The number of hydrogen-bond donors (Lipinski definition) is 0. The average Bonchev–Trinajstić information content (AvgIpc) is 3.77. The minimum atomic E-state index is 0.868. The van der Waals surface area contributed by atoms with Crippen LogP contribution in [0.3, 0.4) is 0 Å². The summed E-state index contributed by atoms with van der Waals surface area (Å²) in [7, 11) is 0. The molecule has 3 heteroatoms. The molecule has 2 aromatic heterocycles. The summed E-state index contributed by atoms with van der Waals surface area (Å²) in [6, 6.07) is 63.4. The number of anilines is 3. The van der Waals surface area contributed by atoms with Crippen LogP contribution in [0.25, 0.3) is 97.7 Å². The number of benzene rings is 10. The van der Waals surface area contributed by atoms with Crippen molar-refractivity contribution in [2.75, 3.05) is 4.90 Å². The van der Waals surface area contributed by atoms with Gasteiger partial charge in [-0.2, -0.15) is 0 Å². The third-order valence-electron chi connectivity index (χ3n) is 11.2. The summed E-state index contributed by atoms with van der Waals surface area (Å²) in [5.74, 6) is 0. The Morgan fingerprint density at radius 2 is 0.698 bits per heavy atom. The SMILES string of the molecule is c1ccc2c(c1)ccc1c3ccc(N(c4ccc5c(c4)oc4ccccc45)c4ccc5ccc6cc7oc8ccccc8c7cc6c5c4)cc3ccc21. The van der Waals surface area contributed by atoms with E-state index in [1.165, 1.54) is 48.5 Å². The normalized spacial score (nSPS) is 12.2. The molecule has 3 nitrogen and oxygen atoms in total. The first kappa shape index (κ1) is 28.6. The maximum absolute atomic E-state index is 6.43. The lowest BCUT2D eigenvalue weighted by atomic mass is 9.96. The van der Waals surface area contributed by atoms with Crippen LogP contribution in [0, 0.1) is 0 Å². The van der Waals surface area contributed by atoms with Crippen LogP contribution in [-0.2, 0) is 0 Å². The van der Waals surface area contributed by atoms with Crippen molar-refractivity contribution in [1.29, 1.82) is 0 Å². The molecule has 0 N–H and O–H groups in total. The van der Waals surface area contributed by atoms with Gasteiger partial charge in [-0.1, -0.05) is 109 Å². The molecule has 0 fully saturated rings. The largest absolute Gasteiger partial charge is 0.456 e. The van der Waals surface area contributed by atoms with E-state index in [0.717, 1.165) is 66.3 Å². The predicted molar refractivity (Wildman–Crippen MR) is 223 cm³/mol. The van der Waals surface area contributed by atoms with E-state index in [1.54, 1.807) is 0 Å². The first-order valence-corrected chi connectivity index (χ1v) is 18.1. The summed E-state index contributed by atoms with van der Waals surface area (Å²) < 4.78 is 12.7. The van der Waals surface area contributed by atoms with Gasteiger partial charge >= 0.3 is 0 Å². The number of nitrogens with zero attached hydrogens (tertiary/aromatic N) is 1. The fraction of sp³-hybridized carbons (Fsp3) is 0. The van der Waals surface area contributed by atoms with Gasteiger partial charge < -0.3 is 13.7 Å². The van der Waals surface area contributed by atoms with Crippen molar-refractivity contribution in [1.82, 2.24) is 0 Å². The zero-order valence-electron chi connectivity index (χ0n) is 28.5. The topological polar surface area (TPSA) is 29.5 Å².